The number of phenolic OH excluding ortho intramolecular Hbond substituents is 2. The lowest BCUT2D eigenvalue weighted by molar-refractivity contribution is -0.111. The van der Waals surface area contributed by atoms with Gasteiger partial charge < -0.3 is 20.1 Å². The predicted octanol–water partition coefficient (Wildman–Crippen LogP) is 1.29. The van der Waals surface area contributed by atoms with Crippen molar-refractivity contribution < 1.29 is 34.4 Å². The normalized spacial score (nSPS) is 25.4. The lowest BCUT2D eigenvalue weighted by atomic mass is 9.78. The number of carbonyl (C=O) groups is 3. The maximum absolute atomic E-state index is 12.8. The summed E-state index contributed by atoms with van der Waals surface area (Å²) in [5.41, 5.74) is 0.821. The van der Waals surface area contributed by atoms with Crippen molar-refractivity contribution in [1.82, 2.24) is 0 Å². The number of fused-ring (bicyclic) bond motifs is 3. The van der Waals surface area contributed by atoms with E-state index in [0.717, 1.165) is 6.08 Å². The molecule has 2 aliphatic carbocycles. The van der Waals surface area contributed by atoms with Gasteiger partial charge in [0.05, 0.1) is 5.56 Å². The van der Waals surface area contributed by atoms with Crippen LogP contribution < -0.4 is 0 Å². The van der Waals surface area contributed by atoms with E-state index in [1.165, 1.54) is 24.3 Å². The summed E-state index contributed by atoms with van der Waals surface area (Å²) < 4.78 is 5.22. The second kappa shape index (κ2) is 5.12. The van der Waals surface area contributed by atoms with Crippen LogP contribution in [0.15, 0.2) is 36.4 Å². The Morgan fingerprint density at radius 1 is 0.889 bits per heavy atom. The van der Waals surface area contributed by atoms with Crippen molar-refractivity contribution in [3.8, 4) is 11.5 Å². The SMILES string of the molecule is O=C1C=C(c2ccc(O)c3c2C(=O)[C@H]2O[C@H]2[C@H]3O)c2cccc(O)c2C1=O. The minimum Gasteiger partial charge on any atom is -0.508 e. The molecular formula is C20H12O7. The smallest absolute Gasteiger partial charge is 0.237 e. The van der Waals surface area contributed by atoms with Gasteiger partial charge >= 0.3 is 0 Å². The van der Waals surface area contributed by atoms with Gasteiger partial charge in [0.1, 0.15) is 23.7 Å². The maximum atomic E-state index is 12.8. The van der Waals surface area contributed by atoms with Gasteiger partial charge in [0.25, 0.3) is 0 Å². The molecule has 134 valence electrons. The number of epoxide rings is 1. The third-order valence-electron chi connectivity index (χ3n) is 5.21. The summed E-state index contributed by atoms with van der Waals surface area (Å²) >= 11 is 0. The second-order valence-corrected chi connectivity index (χ2v) is 6.70. The quantitative estimate of drug-likeness (QED) is 0.514. The number of aliphatic hydroxyl groups excluding tert-OH is 1. The molecule has 2 aromatic carbocycles. The molecule has 0 amide bonds. The van der Waals surface area contributed by atoms with Gasteiger partial charge in [-0.3, -0.25) is 14.4 Å². The molecule has 3 atom stereocenters. The van der Waals surface area contributed by atoms with Crippen LogP contribution in [-0.4, -0.2) is 44.9 Å². The molecule has 27 heavy (non-hydrogen) atoms. The van der Waals surface area contributed by atoms with Crippen molar-refractivity contribution in [2.24, 2.45) is 0 Å². The zero-order chi connectivity index (χ0) is 19.0. The molecule has 0 aromatic heterocycles. The first-order chi connectivity index (χ1) is 12.9. The van der Waals surface area contributed by atoms with E-state index in [4.69, 9.17) is 4.74 Å². The van der Waals surface area contributed by atoms with Gasteiger partial charge in [-0.25, -0.2) is 0 Å². The first-order valence-corrected chi connectivity index (χ1v) is 8.27. The highest BCUT2D eigenvalue weighted by atomic mass is 16.6. The van der Waals surface area contributed by atoms with Crippen LogP contribution in [0.3, 0.4) is 0 Å². The molecule has 0 saturated carbocycles. The molecule has 7 nitrogen and oxygen atoms in total. The van der Waals surface area contributed by atoms with Crippen molar-refractivity contribution in [2.45, 2.75) is 18.3 Å². The summed E-state index contributed by atoms with van der Waals surface area (Å²) in [5.74, 6) is -2.65. The van der Waals surface area contributed by atoms with E-state index in [1.54, 1.807) is 6.07 Å². The maximum Gasteiger partial charge on any atom is 0.237 e. The lowest BCUT2D eigenvalue weighted by Gasteiger charge is -2.24. The van der Waals surface area contributed by atoms with Gasteiger partial charge in [0.2, 0.25) is 11.6 Å². The van der Waals surface area contributed by atoms with E-state index in [9.17, 15) is 29.7 Å². The zero-order valence-electron chi connectivity index (χ0n) is 13.7. The Morgan fingerprint density at radius 2 is 1.63 bits per heavy atom. The molecule has 1 aliphatic heterocycles. The Morgan fingerprint density at radius 3 is 2.41 bits per heavy atom. The van der Waals surface area contributed by atoms with Crippen LogP contribution in [0.4, 0.5) is 0 Å². The summed E-state index contributed by atoms with van der Waals surface area (Å²) in [6, 6.07) is 7.15. The van der Waals surface area contributed by atoms with Crippen molar-refractivity contribution >= 4 is 22.9 Å². The second-order valence-electron chi connectivity index (χ2n) is 6.70. The highest BCUT2D eigenvalue weighted by molar-refractivity contribution is 6.51. The number of hydrogen-bond donors (Lipinski definition) is 3. The van der Waals surface area contributed by atoms with E-state index in [0.29, 0.717) is 5.56 Å². The molecule has 1 heterocycles. The Balaban J connectivity index is 1.81. The average molecular weight is 364 g/mol. The summed E-state index contributed by atoms with van der Waals surface area (Å²) in [5, 5.41) is 30.7. The Hall–Kier alpha value is -3.29. The fraction of sp³-hybridized carbons (Fsp3) is 0.150. The van der Waals surface area contributed by atoms with Crippen molar-refractivity contribution in [3.05, 3.63) is 64.2 Å². The number of ketones is 3. The summed E-state index contributed by atoms with van der Waals surface area (Å²) in [7, 11) is 0. The standard InChI is InChI=1S/C20H12O7/c21-10-3-1-2-7-9(6-12(23)16(24)13(7)10)8-4-5-11(22)15-14(8)17(25)19-20(27-19)18(15)26/h1-6,18-22,26H/t18-,19+,20-/m0/s1. The minimum absolute atomic E-state index is 0.0446. The van der Waals surface area contributed by atoms with Crippen LogP contribution in [0, 0.1) is 0 Å². The Labute approximate surface area is 152 Å². The van der Waals surface area contributed by atoms with Gasteiger partial charge in [-0.15, -0.1) is 0 Å². The van der Waals surface area contributed by atoms with Crippen LogP contribution in [0.2, 0.25) is 0 Å². The minimum atomic E-state index is -1.17. The molecule has 3 N–H and O–H groups in total. The molecule has 2 aromatic rings. The van der Waals surface area contributed by atoms with Gasteiger partial charge in [-0.2, -0.15) is 0 Å². The Kier molecular flexibility index (Phi) is 3.02. The number of ether oxygens (including phenoxy) is 1. The van der Waals surface area contributed by atoms with E-state index in [-0.39, 0.29) is 39.3 Å². The molecule has 3 aliphatic rings. The number of carbonyl (C=O) groups excluding carboxylic acids is 3. The van der Waals surface area contributed by atoms with E-state index in [2.05, 4.69) is 0 Å². The third kappa shape index (κ3) is 2.00. The average Bonchev–Trinajstić information content (AvgIpc) is 3.44. The van der Waals surface area contributed by atoms with Crippen LogP contribution in [0.5, 0.6) is 11.5 Å². The lowest BCUT2D eigenvalue weighted by Crippen LogP contribution is -2.27. The molecule has 1 saturated heterocycles. The fourth-order valence-corrected chi connectivity index (χ4v) is 3.90. The monoisotopic (exact) mass is 364 g/mol. The number of benzene rings is 2. The summed E-state index contributed by atoms with van der Waals surface area (Å²) in [6.07, 6.45) is -1.55. The van der Waals surface area contributed by atoms with E-state index < -0.39 is 35.7 Å². The molecule has 7 heteroatoms. The number of hydrogen-bond acceptors (Lipinski definition) is 7. The Bertz CT molecular complexity index is 1110. The number of Topliss-reactive ketones (excluding diaryl/α,β-unsaturated/α-hetero) is 2. The number of rotatable bonds is 1. The molecule has 0 unspecified atom stereocenters. The van der Waals surface area contributed by atoms with Gasteiger partial charge in [0.15, 0.2) is 11.9 Å². The topological polar surface area (TPSA) is 124 Å². The molecular weight excluding hydrogens is 352 g/mol. The molecule has 0 radical (unpaired) electrons. The zero-order valence-corrected chi connectivity index (χ0v) is 13.7. The van der Waals surface area contributed by atoms with Crippen LogP contribution in [-0.2, 0) is 9.53 Å². The van der Waals surface area contributed by atoms with Crippen LogP contribution >= 0.6 is 0 Å². The van der Waals surface area contributed by atoms with Crippen LogP contribution in [0.1, 0.15) is 43.5 Å². The number of allylic oxidation sites excluding steroid dienone is 1. The summed E-state index contributed by atoms with van der Waals surface area (Å²) in [4.78, 5) is 37.2. The van der Waals surface area contributed by atoms with Crippen LogP contribution in [0.25, 0.3) is 5.57 Å². The first kappa shape index (κ1) is 15.9. The largest absolute Gasteiger partial charge is 0.508 e. The number of aromatic hydroxyl groups is 2. The fourth-order valence-electron chi connectivity index (χ4n) is 3.90. The molecule has 5 rings (SSSR count). The number of aliphatic hydroxyl groups is 1. The third-order valence-corrected chi connectivity index (χ3v) is 5.21. The highest BCUT2D eigenvalue weighted by Gasteiger charge is 2.56. The molecule has 1 fully saturated rings. The van der Waals surface area contributed by atoms with Gasteiger partial charge in [-0.1, -0.05) is 12.1 Å². The van der Waals surface area contributed by atoms with Gasteiger partial charge in [0, 0.05) is 11.1 Å². The van der Waals surface area contributed by atoms with Crippen molar-refractivity contribution in [2.75, 3.05) is 0 Å². The predicted molar refractivity (Wildman–Crippen MR) is 90.6 cm³/mol. The highest BCUT2D eigenvalue weighted by Crippen LogP contribution is 2.49. The van der Waals surface area contributed by atoms with E-state index >= 15 is 0 Å². The molecule has 0 bridgehead atoms. The van der Waals surface area contributed by atoms with Crippen molar-refractivity contribution in [3.63, 3.8) is 0 Å². The van der Waals surface area contributed by atoms with Gasteiger partial charge in [-0.05, 0) is 41.0 Å². The van der Waals surface area contributed by atoms with Crippen molar-refractivity contribution in [1.29, 1.82) is 0 Å². The number of phenols is 2. The molecule has 0 spiro atoms. The van der Waals surface area contributed by atoms with E-state index in [1.807, 2.05) is 0 Å². The summed E-state index contributed by atoms with van der Waals surface area (Å²) in [6.45, 7) is 0. The first-order valence-electron chi connectivity index (χ1n) is 8.27.